The van der Waals surface area contributed by atoms with Crippen molar-refractivity contribution < 1.29 is 22.4 Å². The summed E-state index contributed by atoms with van der Waals surface area (Å²) in [6.45, 7) is 1.14. The maximum atomic E-state index is 12.8. The molecule has 158 valence electrons. The van der Waals surface area contributed by atoms with Crippen LogP contribution < -0.4 is 9.47 Å². The van der Waals surface area contributed by atoms with Gasteiger partial charge in [-0.2, -0.15) is 9.29 Å². The van der Waals surface area contributed by atoms with Crippen molar-refractivity contribution in [2.75, 3.05) is 27.3 Å². The Morgan fingerprint density at radius 3 is 2.37 bits per heavy atom. The summed E-state index contributed by atoms with van der Waals surface area (Å²) in [5.41, 5.74) is 1.27. The minimum atomic E-state index is -3.48. The second-order valence-corrected chi connectivity index (χ2v) is 8.89. The first-order valence-electron chi connectivity index (χ1n) is 9.70. The van der Waals surface area contributed by atoms with Crippen molar-refractivity contribution in [2.24, 2.45) is 0 Å². The Balaban J connectivity index is 1.60. The molecule has 1 aliphatic heterocycles. The van der Waals surface area contributed by atoms with Crippen LogP contribution in [-0.2, 0) is 10.0 Å². The Hall–Kier alpha value is -2.91. The molecule has 1 saturated heterocycles. The zero-order valence-corrected chi connectivity index (χ0v) is 17.7. The van der Waals surface area contributed by atoms with Crippen molar-refractivity contribution >= 4 is 10.0 Å². The normalized spacial score (nSPS) is 15.1. The second-order valence-electron chi connectivity index (χ2n) is 6.95. The molecule has 0 radical (unpaired) electrons. The van der Waals surface area contributed by atoms with Gasteiger partial charge in [0.2, 0.25) is 15.8 Å². The molecule has 0 spiro atoms. The molecule has 1 aliphatic rings. The third-order valence-corrected chi connectivity index (χ3v) is 7.04. The van der Waals surface area contributed by atoms with Crippen molar-refractivity contribution in [1.29, 1.82) is 0 Å². The quantitative estimate of drug-likeness (QED) is 0.591. The van der Waals surface area contributed by atoms with Crippen LogP contribution in [0.3, 0.4) is 0 Å². The number of nitrogens with zero attached hydrogens (tertiary/aromatic N) is 3. The third-order valence-electron chi connectivity index (χ3n) is 5.12. The number of hydrogen-bond donors (Lipinski definition) is 0. The fourth-order valence-corrected chi connectivity index (χ4v) is 5.05. The monoisotopic (exact) mass is 429 g/mol. The van der Waals surface area contributed by atoms with Crippen LogP contribution in [0.1, 0.15) is 19.3 Å². The molecule has 0 atom stereocenters. The zero-order chi connectivity index (χ0) is 21.1. The van der Waals surface area contributed by atoms with Crippen LogP contribution in [-0.4, -0.2) is 50.2 Å². The van der Waals surface area contributed by atoms with Crippen molar-refractivity contribution in [2.45, 2.75) is 24.2 Å². The number of methoxy groups -OCH3 is 2. The van der Waals surface area contributed by atoms with Crippen LogP contribution in [0.4, 0.5) is 0 Å². The maximum Gasteiger partial charge on any atom is 0.262 e. The molecule has 2 aromatic carbocycles. The van der Waals surface area contributed by atoms with Gasteiger partial charge in [0.05, 0.1) is 24.7 Å². The highest BCUT2D eigenvalue weighted by Crippen LogP contribution is 2.37. The van der Waals surface area contributed by atoms with Gasteiger partial charge in [0.1, 0.15) is 0 Å². The van der Waals surface area contributed by atoms with E-state index >= 15 is 0 Å². The summed E-state index contributed by atoms with van der Waals surface area (Å²) in [5, 5.41) is 4.03. The molecule has 0 N–H and O–H groups in total. The summed E-state index contributed by atoms with van der Waals surface area (Å²) >= 11 is 0. The SMILES string of the molecule is COc1cccc(-c2nc(-c3ccc(S(=O)(=O)N4CCCCC4)cc3)no2)c1OC. The van der Waals surface area contributed by atoms with Gasteiger partial charge >= 0.3 is 0 Å². The van der Waals surface area contributed by atoms with E-state index in [0.29, 0.717) is 41.5 Å². The first-order valence-corrected chi connectivity index (χ1v) is 11.1. The van der Waals surface area contributed by atoms with Crippen LogP contribution in [0.15, 0.2) is 51.9 Å². The summed E-state index contributed by atoms with van der Waals surface area (Å²) < 4.78 is 43.3. The Morgan fingerprint density at radius 1 is 0.967 bits per heavy atom. The van der Waals surface area contributed by atoms with E-state index in [4.69, 9.17) is 14.0 Å². The standard InChI is InChI=1S/C21H23N3O5S/c1-27-18-8-6-7-17(19(18)28-2)21-22-20(23-29-21)15-9-11-16(12-10-15)30(25,26)24-13-4-3-5-14-24/h6-12H,3-5,13-14H2,1-2H3. The lowest BCUT2D eigenvalue weighted by Crippen LogP contribution is -2.35. The molecule has 0 bridgehead atoms. The predicted molar refractivity (Wildman–Crippen MR) is 111 cm³/mol. The van der Waals surface area contributed by atoms with Crippen LogP contribution in [0.5, 0.6) is 11.5 Å². The van der Waals surface area contributed by atoms with Gasteiger partial charge in [-0.15, -0.1) is 0 Å². The van der Waals surface area contributed by atoms with Gasteiger partial charge in [-0.3, -0.25) is 0 Å². The molecular weight excluding hydrogens is 406 g/mol. The first kappa shape index (κ1) is 20.4. The molecule has 3 aromatic rings. The summed E-state index contributed by atoms with van der Waals surface area (Å²) in [6, 6.07) is 11.9. The van der Waals surface area contributed by atoms with E-state index in [2.05, 4.69) is 10.1 Å². The lowest BCUT2D eigenvalue weighted by atomic mass is 10.2. The number of piperidine rings is 1. The minimum absolute atomic E-state index is 0.270. The van der Waals surface area contributed by atoms with Gasteiger partial charge in [0, 0.05) is 18.7 Å². The Morgan fingerprint density at radius 2 is 1.70 bits per heavy atom. The fraction of sp³-hybridized carbons (Fsp3) is 0.333. The predicted octanol–water partition coefficient (Wildman–Crippen LogP) is 3.60. The fourth-order valence-electron chi connectivity index (χ4n) is 3.54. The lowest BCUT2D eigenvalue weighted by molar-refractivity contribution is 0.346. The molecule has 1 fully saturated rings. The smallest absolute Gasteiger partial charge is 0.262 e. The number of ether oxygens (including phenoxy) is 2. The Bertz CT molecular complexity index is 1120. The summed E-state index contributed by atoms with van der Waals surface area (Å²) in [7, 11) is -0.379. The van der Waals surface area contributed by atoms with E-state index in [1.165, 1.54) is 0 Å². The molecule has 4 rings (SSSR count). The molecule has 8 nitrogen and oxygen atoms in total. The van der Waals surface area contributed by atoms with Gasteiger partial charge in [-0.05, 0) is 49.2 Å². The van der Waals surface area contributed by atoms with Crippen molar-refractivity contribution in [3.05, 3.63) is 42.5 Å². The van der Waals surface area contributed by atoms with Gasteiger partial charge in [-0.1, -0.05) is 17.6 Å². The molecule has 0 saturated carbocycles. The average Bonchev–Trinajstić information content (AvgIpc) is 3.29. The summed E-state index contributed by atoms with van der Waals surface area (Å²) in [5.74, 6) is 1.70. The van der Waals surface area contributed by atoms with E-state index in [1.807, 2.05) is 0 Å². The average molecular weight is 429 g/mol. The summed E-state index contributed by atoms with van der Waals surface area (Å²) in [4.78, 5) is 4.71. The van der Waals surface area contributed by atoms with E-state index in [-0.39, 0.29) is 10.8 Å². The van der Waals surface area contributed by atoms with Crippen LogP contribution in [0.2, 0.25) is 0 Å². The Kier molecular flexibility index (Phi) is 5.74. The third kappa shape index (κ3) is 3.78. The topological polar surface area (TPSA) is 94.8 Å². The summed E-state index contributed by atoms with van der Waals surface area (Å²) in [6.07, 6.45) is 2.87. The molecule has 0 aliphatic carbocycles. The number of hydrogen-bond acceptors (Lipinski definition) is 7. The minimum Gasteiger partial charge on any atom is -0.493 e. The molecular formula is C21H23N3O5S. The van der Waals surface area contributed by atoms with Gasteiger partial charge in [0.15, 0.2) is 11.5 Å². The van der Waals surface area contributed by atoms with Crippen molar-refractivity contribution in [3.63, 3.8) is 0 Å². The van der Waals surface area contributed by atoms with Crippen molar-refractivity contribution in [3.8, 4) is 34.3 Å². The second kappa shape index (κ2) is 8.45. The first-order chi connectivity index (χ1) is 14.5. The highest BCUT2D eigenvalue weighted by molar-refractivity contribution is 7.89. The van der Waals surface area contributed by atoms with Gasteiger partial charge < -0.3 is 14.0 Å². The largest absolute Gasteiger partial charge is 0.493 e. The van der Waals surface area contributed by atoms with Crippen molar-refractivity contribution in [1.82, 2.24) is 14.4 Å². The van der Waals surface area contributed by atoms with Crippen LogP contribution in [0, 0.1) is 0 Å². The van der Waals surface area contributed by atoms with E-state index in [1.54, 1.807) is 61.0 Å². The zero-order valence-electron chi connectivity index (χ0n) is 16.9. The molecule has 0 amide bonds. The number of sulfonamides is 1. The molecule has 9 heteroatoms. The molecule has 30 heavy (non-hydrogen) atoms. The highest BCUT2D eigenvalue weighted by atomic mass is 32.2. The number of para-hydroxylation sites is 1. The molecule has 0 unspecified atom stereocenters. The lowest BCUT2D eigenvalue weighted by Gasteiger charge is -2.25. The van der Waals surface area contributed by atoms with Crippen LogP contribution in [0.25, 0.3) is 22.8 Å². The van der Waals surface area contributed by atoms with E-state index < -0.39 is 10.0 Å². The number of rotatable bonds is 6. The Labute approximate surface area is 175 Å². The van der Waals surface area contributed by atoms with Gasteiger partial charge in [-0.25, -0.2) is 8.42 Å². The maximum absolute atomic E-state index is 12.8. The van der Waals surface area contributed by atoms with E-state index in [9.17, 15) is 8.42 Å². The molecule has 1 aromatic heterocycles. The molecule has 2 heterocycles. The number of benzene rings is 2. The van der Waals surface area contributed by atoms with Gasteiger partial charge in [0.25, 0.3) is 5.89 Å². The number of aromatic nitrogens is 2. The highest BCUT2D eigenvalue weighted by Gasteiger charge is 2.26. The van der Waals surface area contributed by atoms with Crippen LogP contribution >= 0.6 is 0 Å². The van der Waals surface area contributed by atoms with E-state index in [0.717, 1.165) is 19.3 Å².